The first kappa shape index (κ1) is 10.5. The van der Waals surface area contributed by atoms with Gasteiger partial charge in [0, 0.05) is 0 Å². The van der Waals surface area contributed by atoms with Crippen LogP contribution in [0.4, 0.5) is 0 Å². The molecule has 0 atom stereocenters. The lowest BCUT2D eigenvalue weighted by atomic mass is 10.2. The molecule has 0 N–H and O–H groups in total. The van der Waals surface area contributed by atoms with Crippen molar-refractivity contribution in [2.24, 2.45) is 0 Å². The lowest BCUT2D eigenvalue weighted by Gasteiger charge is -1.88. The Labute approximate surface area is 71.0 Å². The SMILES string of the molecule is CCCC=C=CCCCCC. The zero-order valence-corrected chi connectivity index (χ0v) is 7.90. The van der Waals surface area contributed by atoms with E-state index in [1.165, 1.54) is 38.5 Å². The molecule has 0 aliphatic heterocycles. The standard InChI is InChI=1S/C11H20/c1-3-5-7-9-11-10-8-6-4-2/h7,11H,3-6,8,10H2,1-2H3. The number of rotatable bonds is 6. The highest BCUT2D eigenvalue weighted by Crippen LogP contribution is 1.98. The second-order valence-electron chi connectivity index (χ2n) is 2.86. The summed E-state index contributed by atoms with van der Waals surface area (Å²) in [7, 11) is 0. The summed E-state index contributed by atoms with van der Waals surface area (Å²) in [4.78, 5) is 0. The van der Waals surface area contributed by atoms with E-state index in [0.29, 0.717) is 0 Å². The fraction of sp³-hybridized carbons (Fsp3) is 0.727. The average Bonchev–Trinajstić information content (AvgIpc) is 2.03. The van der Waals surface area contributed by atoms with Gasteiger partial charge >= 0.3 is 0 Å². The van der Waals surface area contributed by atoms with Crippen LogP contribution >= 0.6 is 0 Å². The van der Waals surface area contributed by atoms with Crippen molar-refractivity contribution in [3.8, 4) is 0 Å². The maximum atomic E-state index is 3.20. The normalized spacial score (nSPS) is 8.91. The molecule has 0 spiro atoms. The Hall–Kier alpha value is -0.480. The molecule has 0 saturated heterocycles. The maximum absolute atomic E-state index is 3.20. The van der Waals surface area contributed by atoms with Crippen LogP contribution in [0.5, 0.6) is 0 Å². The van der Waals surface area contributed by atoms with E-state index in [9.17, 15) is 0 Å². The molecule has 0 bridgehead atoms. The summed E-state index contributed by atoms with van der Waals surface area (Å²) in [6.07, 6.45) is 11.9. The minimum Gasteiger partial charge on any atom is -0.130 e. The summed E-state index contributed by atoms with van der Waals surface area (Å²) >= 11 is 0. The van der Waals surface area contributed by atoms with Crippen LogP contribution in [0.1, 0.15) is 52.4 Å². The summed E-state index contributed by atoms with van der Waals surface area (Å²) in [5.74, 6) is 0. The van der Waals surface area contributed by atoms with Gasteiger partial charge in [-0.25, -0.2) is 0 Å². The first-order chi connectivity index (χ1) is 5.41. The van der Waals surface area contributed by atoms with Gasteiger partial charge in [0.2, 0.25) is 0 Å². The summed E-state index contributed by atoms with van der Waals surface area (Å²) < 4.78 is 0. The summed E-state index contributed by atoms with van der Waals surface area (Å²) in [5.41, 5.74) is 3.20. The van der Waals surface area contributed by atoms with Gasteiger partial charge in [-0.2, -0.15) is 0 Å². The van der Waals surface area contributed by atoms with Crippen molar-refractivity contribution >= 4 is 0 Å². The molecule has 0 aromatic carbocycles. The molecule has 0 aliphatic carbocycles. The fourth-order valence-corrected chi connectivity index (χ4v) is 0.891. The molecule has 0 amide bonds. The minimum atomic E-state index is 1.17. The largest absolute Gasteiger partial charge is 0.130 e. The van der Waals surface area contributed by atoms with E-state index in [2.05, 4.69) is 31.7 Å². The van der Waals surface area contributed by atoms with Crippen LogP contribution in [-0.2, 0) is 0 Å². The Morgan fingerprint density at radius 2 is 1.64 bits per heavy atom. The van der Waals surface area contributed by atoms with Crippen LogP contribution in [0, 0.1) is 0 Å². The smallest absolute Gasteiger partial charge is 0.0274 e. The highest BCUT2D eigenvalue weighted by atomic mass is 13.8. The number of unbranched alkanes of at least 4 members (excludes halogenated alkanes) is 4. The summed E-state index contributed by atoms with van der Waals surface area (Å²) in [6, 6.07) is 0. The minimum absolute atomic E-state index is 1.17. The molecular formula is C11H20. The van der Waals surface area contributed by atoms with Gasteiger partial charge in [-0.1, -0.05) is 33.1 Å². The van der Waals surface area contributed by atoms with Crippen LogP contribution in [0.2, 0.25) is 0 Å². The Kier molecular flexibility index (Phi) is 9.10. The van der Waals surface area contributed by atoms with E-state index in [0.717, 1.165) is 0 Å². The van der Waals surface area contributed by atoms with Crippen molar-refractivity contribution in [1.29, 1.82) is 0 Å². The first-order valence-electron chi connectivity index (χ1n) is 4.81. The molecule has 0 saturated carbocycles. The topological polar surface area (TPSA) is 0 Å². The summed E-state index contributed by atoms with van der Waals surface area (Å²) in [5, 5.41) is 0. The molecule has 0 nitrogen and oxygen atoms in total. The Bertz CT molecular complexity index is 116. The molecule has 0 unspecified atom stereocenters. The van der Waals surface area contributed by atoms with E-state index in [-0.39, 0.29) is 0 Å². The van der Waals surface area contributed by atoms with Gasteiger partial charge in [0.1, 0.15) is 0 Å². The van der Waals surface area contributed by atoms with Crippen molar-refractivity contribution in [3.63, 3.8) is 0 Å². The second-order valence-corrected chi connectivity index (χ2v) is 2.86. The molecule has 0 rings (SSSR count). The van der Waals surface area contributed by atoms with Gasteiger partial charge in [0.05, 0.1) is 0 Å². The molecular weight excluding hydrogens is 132 g/mol. The monoisotopic (exact) mass is 152 g/mol. The molecule has 11 heavy (non-hydrogen) atoms. The highest BCUT2D eigenvalue weighted by molar-refractivity contribution is 4.84. The van der Waals surface area contributed by atoms with E-state index >= 15 is 0 Å². The van der Waals surface area contributed by atoms with Crippen LogP contribution in [-0.4, -0.2) is 0 Å². The maximum Gasteiger partial charge on any atom is -0.0274 e. The zero-order chi connectivity index (χ0) is 8.36. The van der Waals surface area contributed by atoms with Gasteiger partial charge in [0.25, 0.3) is 0 Å². The second kappa shape index (κ2) is 9.52. The third-order valence-corrected chi connectivity index (χ3v) is 1.62. The molecule has 0 fully saturated rings. The van der Waals surface area contributed by atoms with Gasteiger partial charge in [0.15, 0.2) is 0 Å². The zero-order valence-electron chi connectivity index (χ0n) is 7.90. The quantitative estimate of drug-likeness (QED) is 0.397. The van der Waals surface area contributed by atoms with Crippen LogP contribution < -0.4 is 0 Å². The molecule has 0 aromatic heterocycles. The van der Waals surface area contributed by atoms with E-state index < -0.39 is 0 Å². The Morgan fingerprint density at radius 1 is 0.909 bits per heavy atom. The number of hydrogen-bond acceptors (Lipinski definition) is 0. The summed E-state index contributed by atoms with van der Waals surface area (Å²) in [6.45, 7) is 4.42. The molecule has 0 radical (unpaired) electrons. The molecule has 64 valence electrons. The molecule has 0 aromatic rings. The fourth-order valence-electron chi connectivity index (χ4n) is 0.891. The molecule has 0 heteroatoms. The molecule has 0 aliphatic rings. The highest BCUT2D eigenvalue weighted by Gasteiger charge is 1.79. The van der Waals surface area contributed by atoms with Crippen molar-refractivity contribution in [1.82, 2.24) is 0 Å². The van der Waals surface area contributed by atoms with E-state index in [1.807, 2.05) is 0 Å². The van der Waals surface area contributed by atoms with E-state index in [1.54, 1.807) is 0 Å². The molecule has 0 heterocycles. The van der Waals surface area contributed by atoms with E-state index in [4.69, 9.17) is 0 Å². The lowest BCUT2D eigenvalue weighted by Crippen LogP contribution is -1.68. The van der Waals surface area contributed by atoms with Gasteiger partial charge < -0.3 is 0 Å². The van der Waals surface area contributed by atoms with Gasteiger partial charge in [-0.15, -0.1) is 5.73 Å². The van der Waals surface area contributed by atoms with Crippen molar-refractivity contribution in [2.45, 2.75) is 52.4 Å². The predicted molar refractivity (Wildman–Crippen MR) is 51.7 cm³/mol. The number of hydrogen-bond donors (Lipinski definition) is 0. The predicted octanol–water partition coefficient (Wildman–Crippen LogP) is 4.08. The van der Waals surface area contributed by atoms with Crippen molar-refractivity contribution in [2.75, 3.05) is 0 Å². The Balaban J connectivity index is 3.14. The lowest BCUT2D eigenvalue weighted by molar-refractivity contribution is 0.729. The third-order valence-electron chi connectivity index (χ3n) is 1.62. The van der Waals surface area contributed by atoms with Crippen LogP contribution in [0.3, 0.4) is 0 Å². The average molecular weight is 152 g/mol. The Morgan fingerprint density at radius 3 is 2.27 bits per heavy atom. The van der Waals surface area contributed by atoms with Crippen LogP contribution in [0.25, 0.3) is 0 Å². The number of allylic oxidation sites excluding steroid dienone is 1. The third kappa shape index (κ3) is 9.52. The van der Waals surface area contributed by atoms with Gasteiger partial charge in [-0.05, 0) is 31.4 Å². The van der Waals surface area contributed by atoms with Crippen molar-refractivity contribution < 1.29 is 0 Å². The van der Waals surface area contributed by atoms with Gasteiger partial charge in [-0.3, -0.25) is 0 Å². The van der Waals surface area contributed by atoms with Crippen LogP contribution in [0.15, 0.2) is 17.9 Å². The van der Waals surface area contributed by atoms with Crippen molar-refractivity contribution in [3.05, 3.63) is 17.9 Å². The first-order valence-corrected chi connectivity index (χ1v) is 4.81.